The van der Waals surface area contributed by atoms with Crippen molar-refractivity contribution in [2.24, 2.45) is 0 Å². The van der Waals surface area contributed by atoms with Gasteiger partial charge in [-0.25, -0.2) is 4.79 Å². The van der Waals surface area contributed by atoms with Crippen LogP contribution in [0.2, 0.25) is 0 Å². The molecule has 0 aliphatic carbocycles. The average molecular weight is 178 g/mol. The molecule has 0 aromatic carbocycles. The number of rotatable bonds is 5. The third-order valence-corrected chi connectivity index (χ3v) is 0.667. The minimum Gasteiger partial charge on any atom is -0.450 e. The van der Waals surface area contributed by atoms with Crippen molar-refractivity contribution < 1.29 is 24.5 Å². The maximum atomic E-state index is 8.56. The third kappa shape index (κ3) is 36.4. The molecule has 0 saturated carbocycles. The molecule has 0 atom stereocenters. The Bertz CT molecular complexity index is 108. The lowest BCUT2D eigenvalue weighted by Crippen LogP contribution is -2.00. The second kappa shape index (κ2) is 12.6. The molecule has 0 heterocycles. The molecule has 0 amide bonds. The SMILES string of the molecule is C=CCOCCOC.O=C(O)O. The van der Waals surface area contributed by atoms with Crippen molar-refractivity contribution in [3.05, 3.63) is 12.7 Å². The van der Waals surface area contributed by atoms with Gasteiger partial charge in [0.25, 0.3) is 0 Å². The molecule has 0 aliphatic rings. The number of methoxy groups -OCH3 is 1. The molecule has 0 aromatic heterocycles. The predicted molar refractivity (Wildman–Crippen MR) is 43.5 cm³/mol. The van der Waals surface area contributed by atoms with Crippen molar-refractivity contribution in [3.63, 3.8) is 0 Å². The van der Waals surface area contributed by atoms with Crippen LogP contribution in [0.5, 0.6) is 0 Å². The zero-order valence-electron chi connectivity index (χ0n) is 7.02. The number of carbonyl (C=O) groups is 1. The molecule has 0 fully saturated rings. The Labute approximate surface area is 71.2 Å². The molecule has 0 spiro atoms. The molecule has 0 aliphatic heterocycles. The standard InChI is InChI=1S/C6H12O2.CH2O3/c1-3-4-8-6-5-7-2;2-1(3)4/h3H,1,4-6H2,2H3;(H2,2,3,4). The summed E-state index contributed by atoms with van der Waals surface area (Å²) in [5, 5.41) is 13.9. The minimum atomic E-state index is -1.83. The molecule has 0 radical (unpaired) electrons. The van der Waals surface area contributed by atoms with E-state index in [0.29, 0.717) is 19.8 Å². The normalized spacial score (nSPS) is 8.08. The highest BCUT2D eigenvalue weighted by atomic mass is 16.6. The van der Waals surface area contributed by atoms with Crippen LogP contribution in [0.1, 0.15) is 0 Å². The molecule has 0 saturated heterocycles. The maximum absolute atomic E-state index is 8.56. The van der Waals surface area contributed by atoms with Crippen LogP contribution in [0.25, 0.3) is 0 Å². The molecule has 0 aromatic rings. The minimum absolute atomic E-state index is 0.614. The summed E-state index contributed by atoms with van der Waals surface area (Å²) in [4.78, 5) is 8.56. The van der Waals surface area contributed by atoms with Gasteiger partial charge in [0.1, 0.15) is 0 Å². The molecule has 5 heteroatoms. The zero-order chi connectivity index (χ0) is 9.82. The maximum Gasteiger partial charge on any atom is 0.503 e. The Morgan fingerprint density at radius 3 is 2.33 bits per heavy atom. The van der Waals surface area contributed by atoms with Crippen LogP contribution in [0.15, 0.2) is 12.7 Å². The van der Waals surface area contributed by atoms with Gasteiger partial charge in [0.15, 0.2) is 0 Å². The van der Waals surface area contributed by atoms with Crippen molar-refractivity contribution in [3.8, 4) is 0 Å². The average Bonchev–Trinajstić information content (AvgIpc) is 1.97. The quantitative estimate of drug-likeness (QED) is 0.486. The number of carboxylic acid groups (broad SMARTS) is 2. The van der Waals surface area contributed by atoms with Crippen LogP contribution in [-0.4, -0.2) is 43.3 Å². The van der Waals surface area contributed by atoms with E-state index in [1.807, 2.05) is 0 Å². The van der Waals surface area contributed by atoms with Crippen LogP contribution < -0.4 is 0 Å². The fourth-order valence-corrected chi connectivity index (χ4v) is 0.309. The summed E-state index contributed by atoms with van der Waals surface area (Å²) in [6, 6.07) is 0. The van der Waals surface area contributed by atoms with Crippen molar-refractivity contribution >= 4 is 6.16 Å². The van der Waals surface area contributed by atoms with Crippen LogP contribution >= 0.6 is 0 Å². The van der Waals surface area contributed by atoms with Crippen molar-refractivity contribution in [1.29, 1.82) is 0 Å². The van der Waals surface area contributed by atoms with Crippen molar-refractivity contribution in [1.82, 2.24) is 0 Å². The summed E-state index contributed by atoms with van der Waals surface area (Å²) in [6.45, 7) is 5.42. The van der Waals surface area contributed by atoms with Gasteiger partial charge in [0.05, 0.1) is 19.8 Å². The lowest BCUT2D eigenvalue weighted by atomic mass is 10.7. The van der Waals surface area contributed by atoms with Crippen LogP contribution in [0.3, 0.4) is 0 Å². The number of ether oxygens (including phenoxy) is 2. The van der Waals surface area contributed by atoms with E-state index in [1.54, 1.807) is 13.2 Å². The molecule has 0 rings (SSSR count). The van der Waals surface area contributed by atoms with E-state index < -0.39 is 6.16 Å². The molecule has 72 valence electrons. The highest BCUT2D eigenvalue weighted by molar-refractivity contribution is 5.53. The van der Waals surface area contributed by atoms with Gasteiger partial charge in [-0.2, -0.15) is 0 Å². The van der Waals surface area contributed by atoms with Crippen LogP contribution in [0, 0.1) is 0 Å². The largest absolute Gasteiger partial charge is 0.503 e. The van der Waals surface area contributed by atoms with E-state index in [0.717, 1.165) is 0 Å². The Morgan fingerprint density at radius 1 is 1.50 bits per heavy atom. The first kappa shape index (κ1) is 13.5. The second-order valence-corrected chi connectivity index (χ2v) is 1.64. The first-order valence-electron chi connectivity index (χ1n) is 3.24. The summed E-state index contributed by atoms with van der Waals surface area (Å²) < 4.78 is 9.71. The Kier molecular flexibility index (Phi) is 14.2. The number of hydrogen-bond donors (Lipinski definition) is 2. The Hall–Kier alpha value is -1.07. The van der Waals surface area contributed by atoms with Gasteiger partial charge in [-0.15, -0.1) is 6.58 Å². The lowest BCUT2D eigenvalue weighted by Gasteiger charge is -1.96. The molecular formula is C7H14O5. The Morgan fingerprint density at radius 2 is 2.00 bits per heavy atom. The van der Waals surface area contributed by atoms with Gasteiger partial charge in [-0.3, -0.25) is 0 Å². The van der Waals surface area contributed by atoms with E-state index in [1.165, 1.54) is 0 Å². The smallest absolute Gasteiger partial charge is 0.450 e. The van der Waals surface area contributed by atoms with Gasteiger partial charge in [-0.1, -0.05) is 6.08 Å². The highest BCUT2D eigenvalue weighted by Crippen LogP contribution is 1.74. The lowest BCUT2D eigenvalue weighted by molar-refractivity contribution is 0.0854. The fraction of sp³-hybridized carbons (Fsp3) is 0.571. The van der Waals surface area contributed by atoms with Gasteiger partial charge < -0.3 is 19.7 Å². The van der Waals surface area contributed by atoms with E-state index in [9.17, 15) is 0 Å². The summed E-state index contributed by atoms with van der Waals surface area (Å²) >= 11 is 0. The first-order chi connectivity index (χ1) is 5.65. The topological polar surface area (TPSA) is 76.0 Å². The van der Waals surface area contributed by atoms with Crippen molar-refractivity contribution in [2.45, 2.75) is 0 Å². The molecule has 0 unspecified atom stereocenters. The van der Waals surface area contributed by atoms with Crippen LogP contribution in [0.4, 0.5) is 4.79 Å². The van der Waals surface area contributed by atoms with E-state index in [4.69, 9.17) is 24.5 Å². The first-order valence-corrected chi connectivity index (χ1v) is 3.24. The molecule has 12 heavy (non-hydrogen) atoms. The molecule has 2 N–H and O–H groups in total. The predicted octanol–water partition coefficient (Wildman–Crippen LogP) is 1.06. The van der Waals surface area contributed by atoms with Gasteiger partial charge in [0.2, 0.25) is 0 Å². The van der Waals surface area contributed by atoms with E-state index in [2.05, 4.69) is 6.58 Å². The third-order valence-electron chi connectivity index (χ3n) is 0.667. The summed E-state index contributed by atoms with van der Waals surface area (Å²) in [6.07, 6.45) is -0.115. The molecule has 0 bridgehead atoms. The van der Waals surface area contributed by atoms with Gasteiger partial charge in [0, 0.05) is 7.11 Å². The molecular weight excluding hydrogens is 164 g/mol. The van der Waals surface area contributed by atoms with Crippen molar-refractivity contribution in [2.75, 3.05) is 26.9 Å². The van der Waals surface area contributed by atoms with Crippen LogP contribution in [-0.2, 0) is 9.47 Å². The van der Waals surface area contributed by atoms with Gasteiger partial charge in [-0.05, 0) is 0 Å². The monoisotopic (exact) mass is 178 g/mol. The highest BCUT2D eigenvalue weighted by Gasteiger charge is 1.79. The van der Waals surface area contributed by atoms with E-state index >= 15 is 0 Å². The number of hydrogen-bond acceptors (Lipinski definition) is 3. The van der Waals surface area contributed by atoms with Gasteiger partial charge >= 0.3 is 6.16 Å². The fourth-order valence-electron chi connectivity index (χ4n) is 0.309. The molecule has 5 nitrogen and oxygen atoms in total. The summed E-state index contributed by atoms with van der Waals surface area (Å²) in [5.41, 5.74) is 0. The zero-order valence-corrected chi connectivity index (χ0v) is 7.02. The van der Waals surface area contributed by atoms with E-state index in [-0.39, 0.29) is 0 Å². The Balaban J connectivity index is 0. The summed E-state index contributed by atoms with van der Waals surface area (Å²) in [7, 11) is 1.65. The summed E-state index contributed by atoms with van der Waals surface area (Å²) in [5.74, 6) is 0. The second-order valence-electron chi connectivity index (χ2n) is 1.64.